The molecule has 0 amide bonds. The number of hydrogen-bond acceptors (Lipinski definition) is 3. The van der Waals surface area contributed by atoms with E-state index in [9.17, 15) is 18.0 Å². The maximum atomic E-state index is 12.1. The fourth-order valence-electron chi connectivity index (χ4n) is 1.73. The van der Waals surface area contributed by atoms with E-state index in [1.807, 2.05) is 0 Å². The van der Waals surface area contributed by atoms with Crippen LogP contribution >= 0.6 is 0 Å². The Bertz CT molecular complexity index is 432. The maximum Gasteiger partial charge on any atom is 0.389 e. The molecule has 3 nitrogen and oxygen atoms in total. The highest BCUT2D eigenvalue weighted by atomic mass is 19.4. The van der Waals surface area contributed by atoms with Crippen molar-refractivity contribution in [3.8, 4) is 0 Å². The van der Waals surface area contributed by atoms with Gasteiger partial charge in [-0.2, -0.15) is 13.2 Å². The summed E-state index contributed by atoms with van der Waals surface area (Å²) in [7, 11) is 2.92. The number of carbonyl (C=O) groups excluding carboxylic acids is 1. The van der Waals surface area contributed by atoms with E-state index in [1.54, 1.807) is 36.2 Å². The van der Waals surface area contributed by atoms with E-state index in [4.69, 9.17) is 0 Å². The normalized spacial score (nSPS) is 11.2. The number of esters is 1. The molecule has 0 spiro atoms. The van der Waals surface area contributed by atoms with Crippen molar-refractivity contribution >= 4 is 11.7 Å². The van der Waals surface area contributed by atoms with Gasteiger partial charge >= 0.3 is 12.1 Å². The van der Waals surface area contributed by atoms with Crippen LogP contribution in [-0.4, -0.2) is 32.8 Å². The molecular weight excluding hydrogens is 259 g/mol. The van der Waals surface area contributed by atoms with Gasteiger partial charge in [-0.05, 0) is 18.6 Å². The van der Waals surface area contributed by atoms with Gasteiger partial charge in [-0.15, -0.1) is 0 Å². The van der Waals surface area contributed by atoms with E-state index < -0.39 is 18.6 Å². The predicted octanol–water partition coefficient (Wildman–Crippen LogP) is 3.25. The molecule has 0 aliphatic heterocycles. The quantitative estimate of drug-likeness (QED) is 0.772. The van der Waals surface area contributed by atoms with Gasteiger partial charge in [0.25, 0.3) is 0 Å². The molecule has 0 saturated carbocycles. The molecule has 0 bridgehead atoms. The smallest absolute Gasteiger partial charge is 0.389 e. The van der Waals surface area contributed by atoms with E-state index in [-0.39, 0.29) is 13.0 Å². The van der Waals surface area contributed by atoms with E-state index >= 15 is 0 Å². The Hall–Kier alpha value is -1.72. The highest BCUT2D eigenvalue weighted by Gasteiger charge is 2.26. The number of nitrogens with zero attached hydrogens (tertiary/aromatic N) is 1. The summed E-state index contributed by atoms with van der Waals surface area (Å²) in [5.74, 6) is -0.502. The number of benzene rings is 1. The second-order valence-corrected chi connectivity index (χ2v) is 4.15. The largest absolute Gasteiger partial charge is 0.465 e. The minimum absolute atomic E-state index is 0.0183. The third kappa shape index (κ3) is 4.81. The third-order valence-electron chi connectivity index (χ3n) is 2.67. The molecule has 0 atom stereocenters. The van der Waals surface area contributed by atoms with Crippen LogP contribution < -0.4 is 4.90 Å². The summed E-state index contributed by atoms with van der Waals surface area (Å²) in [6, 6.07) is 6.67. The first-order chi connectivity index (χ1) is 8.85. The molecule has 0 heterocycles. The van der Waals surface area contributed by atoms with Crippen molar-refractivity contribution in [2.45, 2.75) is 19.0 Å². The van der Waals surface area contributed by atoms with Crippen LogP contribution in [0.2, 0.25) is 0 Å². The number of para-hydroxylation sites is 1. The van der Waals surface area contributed by atoms with Crippen molar-refractivity contribution in [3.63, 3.8) is 0 Å². The van der Waals surface area contributed by atoms with Crippen molar-refractivity contribution in [1.29, 1.82) is 0 Å². The fraction of sp³-hybridized carbons (Fsp3) is 0.462. The molecule has 0 aliphatic carbocycles. The number of carbonyl (C=O) groups is 1. The summed E-state index contributed by atoms with van der Waals surface area (Å²) in [4.78, 5) is 13.2. The van der Waals surface area contributed by atoms with E-state index in [1.165, 1.54) is 7.11 Å². The van der Waals surface area contributed by atoms with Crippen LogP contribution in [0.4, 0.5) is 18.9 Å². The van der Waals surface area contributed by atoms with Crippen molar-refractivity contribution in [2.24, 2.45) is 0 Å². The second-order valence-electron chi connectivity index (χ2n) is 4.15. The Morgan fingerprint density at radius 2 is 1.95 bits per heavy atom. The van der Waals surface area contributed by atoms with Gasteiger partial charge in [0.05, 0.1) is 18.4 Å². The molecule has 0 fully saturated rings. The molecule has 19 heavy (non-hydrogen) atoms. The summed E-state index contributed by atoms with van der Waals surface area (Å²) in [6.07, 6.45) is -5.00. The Labute approximate surface area is 110 Å². The Balaban J connectivity index is 2.71. The lowest BCUT2D eigenvalue weighted by Gasteiger charge is -2.21. The average molecular weight is 275 g/mol. The van der Waals surface area contributed by atoms with Gasteiger partial charge in [-0.1, -0.05) is 12.1 Å². The molecule has 1 aromatic rings. The molecule has 0 aromatic heterocycles. The monoisotopic (exact) mass is 275 g/mol. The number of methoxy groups -OCH3 is 1. The maximum absolute atomic E-state index is 12.1. The molecule has 6 heteroatoms. The standard InChI is InChI=1S/C13H16F3NO2/c1-17(9-5-8-13(14,15)16)11-7-4-3-6-10(11)12(18)19-2/h3-4,6-7H,5,8-9H2,1-2H3. The fourth-order valence-corrected chi connectivity index (χ4v) is 1.73. The van der Waals surface area contributed by atoms with Crippen LogP contribution in [-0.2, 0) is 4.74 Å². The molecule has 0 unspecified atom stereocenters. The van der Waals surface area contributed by atoms with Gasteiger partial charge in [0.1, 0.15) is 0 Å². The first-order valence-electron chi connectivity index (χ1n) is 5.80. The van der Waals surface area contributed by atoms with E-state index in [0.29, 0.717) is 11.3 Å². The number of hydrogen-bond donors (Lipinski definition) is 0. The van der Waals surface area contributed by atoms with Crippen LogP contribution in [0.1, 0.15) is 23.2 Å². The van der Waals surface area contributed by atoms with Gasteiger partial charge in [-0.3, -0.25) is 0 Å². The number of halogens is 3. The van der Waals surface area contributed by atoms with E-state index in [2.05, 4.69) is 4.74 Å². The van der Waals surface area contributed by atoms with Crippen LogP contribution in [0.15, 0.2) is 24.3 Å². The molecule has 106 valence electrons. The van der Waals surface area contributed by atoms with Crippen molar-refractivity contribution in [2.75, 3.05) is 25.6 Å². The van der Waals surface area contributed by atoms with Crippen molar-refractivity contribution < 1.29 is 22.7 Å². The van der Waals surface area contributed by atoms with Gasteiger partial charge in [0, 0.05) is 20.0 Å². The van der Waals surface area contributed by atoms with Crippen LogP contribution in [0.3, 0.4) is 0 Å². The highest BCUT2D eigenvalue weighted by Crippen LogP contribution is 2.24. The molecule has 0 aliphatic rings. The predicted molar refractivity (Wildman–Crippen MR) is 66.3 cm³/mol. The molecule has 1 aromatic carbocycles. The zero-order chi connectivity index (χ0) is 14.5. The highest BCUT2D eigenvalue weighted by molar-refractivity contribution is 5.95. The Morgan fingerprint density at radius 3 is 2.53 bits per heavy atom. The number of rotatable bonds is 5. The average Bonchev–Trinajstić information content (AvgIpc) is 2.36. The van der Waals surface area contributed by atoms with Crippen molar-refractivity contribution in [3.05, 3.63) is 29.8 Å². The van der Waals surface area contributed by atoms with Crippen LogP contribution in [0.25, 0.3) is 0 Å². The van der Waals surface area contributed by atoms with Gasteiger partial charge in [-0.25, -0.2) is 4.79 Å². The lowest BCUT2D eigenvalue weighted by Crippen LogP contribution is -2.23. The van der Waals surface area contributed by atoms with Gasteiger partial charge < -0.3 is 9.64 Å². The molecule has 0 N–H and O–H groups in total. The van der Waals surface area contributed by atoms with Gasteiger partial charge in [0.2, 0.25) is 0 Å². The minimum atomic E-state index is -4.15. The third-order valence-corrected chi connectivity index (χ3v) is 2.67. The topological polar surface area (TPSA) is 29.5 Å². The molecule has 0 saturated heterocycles. The van der Waals surface area contributed by atoms with Crippen molar-refractivity contribution in [1.82, 2.24) is 0 Å². The summed E-state index contributed by atoms with van der Waals surface area (Å²) >= 11 is 0. The Morgan fingerprint density at radius 1 is 1.32 bits per heavy atom. The number of alkyl halides is 3. The van der Waals surface area contributed by atoms with Crippen LogP contribution in [0.5, 0.6) is 0 Å². The zero-order valence-corrected chi connectivity index (χ0v) is 10.8. The lowest BCUT2D eigenvalue weighted by atomic mass is 10.1. The second kappa shape index (κ2) is 6.45. The van der Waals surface area contributed by atoms with Gasteiger partial charge in [0.15, 0.2) is 0 Å². The SMILES string of the molecule is COC(=O)c1ccccc1N(C)CCCC(F)(F)F. The minimum Gasteiger partial charge on any atom is -0.465 e. The first kappa shape index (κ1) is 15.3. The molecular formula is C13H16F3NO2. The number of anilines is 1. The molecule has 0 radical (unpaired) electrons. The first-order valence-corrected chi connectivity index (χ1v) is 5.80. The van der Waals surface area contributed by atoms with E-state index in [0.717, 1.165) is 0 Å². The summed E-state index contributed by atoms with van der Waals surface area (Å²) in [6.45, 7) is 0.216. The number of ether oxygens (including phenoxy) is 1. The Kier molecular flexibility index (Phi) is 5.20. The van der Waals surface area contributed by atoms with Crippen LogP contribution in [0, 0.1) is 0 Å². The summed E-state index contributed by atoms with van der Waals surface area (Å²) in [5, 5.41) is 0. The summed E-state index contributed by atoms with van der Waals surface area (Å²) in [5.41, 5.74) is 0.913. The lowest BCUT2D eigenvalue weighted by molar-refractivity contribution is -0.135. The summed E-state index contributed by atoms with van der Waals surface area (Å²) < 4.78 is 40.9. The zero-order valence-electron chi connectivity index (χ0n) is 10.8. The molecule has 1 rings (SSSR count).